The average molecular weight is 476 g/mol. The number of amides is 5. The topological polar surface area (TPSA) is 112 Å². The van der Waals surface area contributed by atoms with Crippen molar-refractivity contribution in [2.45, 2.75) is 24.8 Å². The third kappa shape index (κ3) is 3.71. The van der Waals surface area contributed by atoms with Gasteiger partial charge in [-0.05, 0) is 17.5 Å². The van der Waals surface area contributed by atoms with Gasteiger partial charge < -0.3 is 5.32 Å². The maximum absolute atomic E-state index is 13.6. The zero-order valence-corrected chi connectivity index (χ0v) is 18.9. The Labute approximate surface area is 199 Å². The summed E-state index contributed by atoms with van der Waals surface area (Å²) < 4.78 is 0. The van der Waals surface area contributed by atoms with Crippen molar-refractivity contribution in [3.8, 4) is 0 Å². The second-order valence-electron chi connectivity index (χ2n) is 8.03. The van der Waals surface area contributed by atoms with Gasteiger partial charge in [-0.1, -0.05) is 60.7 Å². The molecule has 5 amide bonds. The van der Waals surface area contributed by atoms with Crippen molar-refractivity contribution >= 4 is 40.2 Å². The number of carbonyl (C=O) groups is 4. The first-order chi connectivity index (χ1) is 16.5. The first kappa shape index (κ1) is 21.8. The van der Waals surface area contributed by atoms with Crippen LogP contribution in [-0.4, -0.2) is 40.3 Å². The Kier molecular flexibility index (Phi) is 5.58. The third-order valence-electron chi connectivity index (χ3n) is 5.86. The number of anilines is 1. The molecule has 2 aromatic carbocycles. The van der Waals surface area contributed by atoms with Gasteiger partial charge >= 0.3 is 6.03 Å². The van der Waals surface area contributed by atoms with Crippen molar-refractivity contribution in [3.63, 3.8) is 0 Å². The number of hydrogen-bond donors (Lipinski definition) is 2. The Hall–Kier alpha value is -4.05. The van der Waals surface area contributed by atoms with Crippen molar-refractivity contribution in [1.82, 2.24) is 20.7 Å². The summed E-state index contributed by atoms with van der Waals surface area (Å²) in [6, 6.07) is 17.1. The number of hydrazine groups is 1. The number of nitrogens with one attached hydrogen (secondary N) is 2. The van der Waals surface area contributed by atoms with E-state index in [4.69, 9.17) is 0 Å². The van der Waals surface area contributed by atoms with E-state index >= 15 is 0 Å². The van der Waals surface area contributed by atoms with Crippen LogP contribution in [0.5, 0.6) is 0 Å². The largest absolute Gasteiger partial charge is 0.344 e. The second-order valence-corrected chi connectivity index (χ2v) is 8.87. The minimum Gasteiger partial charge on any atom is -0.314 e. The summed E-state index contributed by atoms with van der Waals surface area (Å²) in [5.41, 5.74) is 2.58. The van der Waals surface area contributed by atoms with Gasteiger partial charge in [0.1, 0.15) is 0 Å². The maximum atomic E-state index is 13.6. The van der Waals surface area contributed by atoms with E-state index in [-0.39, 0.29) is 12.3 Å². The highest BCUT2D eigenvalue weighted by atomic mass is 32.1. The van der Waals surface area contributed by atoms with Crippen molar-refractivity contribution < 1.29 is 19.2 Å². The van der Waals surface area contributed by atoms with Crippen LogP contribution in [0.1, 0.15) is 29.7 Å². The SMILES string of the molecule is O=C(Cc1csc(N2CCCC2=O)n1)NN1C(=O)NC(c2ccccc2)(c2ccccc2)C1=O. The summed E-state index contributed by atoms with van der Waals surface area (Å²) in [6.45, 7) is 0.613. The molecule has 2 N–H and O–H groups in total. The molecule has 0 unspecified atom stereocenters. The molecule has 9 nitrogen and oxygen atoms in total. The summed E-state index contributed by atoms with van der Waals surface area (Å²) in [5.74, 6) is -1.15. The van der Waals surface area contributed by atoms with Crippen LogP contribution in [0.25, 0.3) is 0 Å². The van der Waals surface area contributed by atoms with Crippen molar-refractivity contribution in [1.29, 1.82) is 0 Å². The molecule has 172 valence electrons. The number of benzene rings is 2. The molecule has 3 heterocycles. The lowest BCUT2D eigenvalue weighted by Gasteiger charge is -2.27. The van der Waals surface area contributed by atoms with Crippen molar-refractivity contribution in [2.24, 2.45) is 0 Å². The summed E-state index contributed by atoms with van der Waals surface area (Å²) >= 11 is 1.28. The Morgan fingerprint density at radius 3 is 2.26 bits per heavy atom. The number of carbonyl (C=O) groups excluding carboxylic acids is 4. The lowest BCUT2D eigenvalue weighted by Crippen LogP contribution is -2.49. The number of imide groups is 1. The van der Waals surface area contributed by atoms with Crippen LogP contribution >= 0.6 is 11.3 Å². The fourth-order valence-electron chi connectivity index (χ4n) is 4.25. The number of hydrogen-bond acceptors (Lipinski definition) is 6. The molecule has 1 aromatic heterocycles. The smallest absolute Gasteiger partial charge is 0.314 e. The number of rotatable bonds is 6. The molecule has 2 aliphatic rings. The quantitative estimate of drug-likeness (QED) is 0.532. The van der Waals surface area contributed by atoms with E-state index < -0.39 is 23.4 Å². The lowest BCUT2D eigenvalue weighted by atomic mass is 9.83. The minimum atomic E-state index is -1.46. The van der Waals surface area contributed by atoms with Gasteiger partial charge in [-0.2, -0.15) is 5.01 Å². The second kappa shape index (κ2) is 8.71. The number of nitrogens with zero attached hydrogens (tertiary/aromatic N) is 3. The fraction of sp³-hybridized carbons (Fsp3) is 0.208. The lowest BCUT2D eigenvalue weighted by molar-refractivity contribution is -0.138. The van der Waals surface area contributed by atoms with Gasteiger partial charge in [-0.25, -0.2) is 9.78 Å². The van der Waals surface area contributed by atoms with Crippen LogP contribution in [0.15, 0.2) is 66.0 Å². The molecule has 0 aliphatic carbocycles. The predicted molar refractivity (Wildman–Crippen MR) is 125 cm³/mol. The van der Waals surface area contributed by atoms with Gasteiger partial charge in [0.2, 0.25) is 11.8 Å². The normalized spacial score (nSPS) is 17.2. The zero-order chi connectivity index (χ0) is 23.7. The first-order valence-electron chi connectivity index (χ1n) is 10.8. The van der Waals surface area contributed by atoms with Crippen LogP contribution in [0.2, 0.25) is 0 Å². The minimum absolute atomic E-state index is 0.0165. The first-order valence-corrected chi connectivity index (χ1v) is 11.7. The van der Waals surface area contributed by atoms with E-state index in [0.29, 0.717) is 34.9 Å². The van der Waals surface area contributed by atoms with Crippen LogP contribution < -0.4 is 15.6 Å². The van der Waals surface area contributed by atoms with Gasteiger partial charge in [0.25, 0.3) is 5.91 Å². The maximum Gasteiger partial charge on any atom is 0.344 e. The van der Waals surface area contributed by atoms with Gasteiger partial charge in [0.05, 0.1) is 12.1 Å². The summed E-state index contributed by atoms with van der Waals surface area (Å²) in [5, 5.41) is 5.75. The zero-order valence-electron chi connectivity index (χ0n) is 18.1. The van der Waals surface area contributed by atoms with E-state index in [1.54, 1.807) is 58.8 Å². The monoisotopic (exact) mass is 475 g/mol. The molecule has 2 aliphatic heterocycles. The van der Waals surface area contributed by atoms with E-state index in [0.717, 1.165) is 11.4 Å². The molecule has 2 fully saturated rings. The Morgan fingerprint density at radius 2 is 1.68 bits per heavy atom. The molecule has 0 saturated carbocycles. The molecule has 2 saturated heterocycles. The molecule has 5 rings (SSSR count). The van der Waals surface area contributed by atoms with E-state index in [2.05, 4.69) is 15.7 Å². The highest BCUT2D eigenvalue weighted by Gasteiger charge is 2.54. The van der Waals surface area contributed by atoms with Crippen molar-refractivity contribution in [3.05, 3.63) is 82.9 Å². The number of thiazole rings is 1. The van der Waals surface area contributed by atoms with Gasteiger partial charge in [0, 0.05) is 18.3 Å². The molecule has 10 heteroatoms. The Balaban J connectivity index is 1.36. The van der Waals surface area contributed by atoms with E-state index in [9.17, 15) is 19.2 Å². The van der Waals surface area contributed by atoms with Gasteiger partial charge in [-0.15, -0.1) is 11.3 Å². The van der Waals surface area contributed by atoms with E-state index in [1.807, 2.05) is 12.1 Å². The summed E-state index contributed by atoms with van der Waals surface area (Å²) in [7, 11) is 0. The molecule has 0 atom stereocenters. The molecule has 0 radical (unpaired) electrons. The predicted octanol–water partition coefficient (Wildman–Crippen LogP) is 2.34. The highest BCUT2D eigenvalue weighted by molar-refractivity contribution is 7.14. The van der Waals surface area contributed by atoms with Gasteiger partial charge in [-0.3, -0.25) is 24.7 Å². The van der Waals surface area contributed by atoms with Crippen LogP contribution in [0, 0.1) is 0 Å². The number of aromatic nitrogens is 1. The molecule has 3 aromatic rings. The third-order valence-corrected chi connectivity index (χ3v) is 6.77. The molecule has 34 heavy (non-hydrogen) atoms. The highest BCUT2D eigenvalue weighted by Crippen LogP contribution is 2.35. The Morgan fingerprint density at radius 1 is 1.03 bits per heavy atom. The van der Waals surface area contributed by atoms with Crippen LogP contribution in [0.3, 0.4) is 0 Å². The van der Waals surface area contributed by atoms with Crippen LogP contribution in [0.4, 0.5) is 9.93 Å². The van der Waals surface area contributed by atoms with Crippen molar-refractivity contribution in [2.75, 3.05) is 11.4 Å². The molecular formula is C24H21N5O4S. The summed E-state index contributed by atoms with van der Waals surface area (Å²) in [4.78, 5) is 57.1. The number of urea groups is 1. The van der Waals surface area contributed by atoms with E-state index in [1.165, 1.54) is 11.3 Å². The molecule has 0 spiro atoms. The summed E-state index contributed by atoms with van der Waals surface area (Å²) in [6.07, 6.45) is 1.14. The average Bonchev–Trinajstić information content (AvgIpc) is 3.55. The molecule has 0 bridgehead atoms. The standard InChI is InChI=1S/C24H21N5O4S/c30-19(14-18-15-34-23(25-18)28-13-7-12-20(28)31)27-29-21(32)24(26-22(29)33,16-8-3-1-4-9-16)17-10-5-2-6-11-17/h1-6,8-11,15H,7,12-14H2,(H,26,33)(H,27,30). The Bertz CT molecular complexity index is 1220. The van der Waals surface area contributed by atoms with Gasteiger partial charge in [0.15, 0.2) is 10.7 Å². The molecular weight excluding hydrogens is 454 g/mol. The van der Waals surface area contributed by atoms with Crippen LogP contribution in [-0.2, 0) is 26.3 Å². The fourth-order valence-corrected chi connectivity index (χ4v) is 5.11.